The number of aromatic nitrogens is 1. The van der Waals surface area contributed by atoms with Crippen molar-refractivity contribution in [2.24, 2.45) is 10.9 Å². The normalized spacial score (nSPS) is 17.5. The fourth-order valence-corrected chi connectivity index (χ4v) is 4.81. The number of hydrogen-bond acceptors (Lipinski definition) is 4. The second-order valence-electron chi connectivity index (χ2n) is 9.98. The number of ether oxygens (including phenoxy) is 1. The van der Waals surface area contributed by atoms with E-state index in [2.05, 4.69) is 29.9 Å². The maximum Gasteiger partial charge on any atom is 0.249 e. The number of fused-ring (bicyclic) bond motifs is 6. The average Bonchev–Trinajstić information content (AvgIpc) is 2.96. The van der Waals surface area contributed by atoms with E-state index in [9.17, 15) is 9.90 Å². The predicted molar refractivity (Wildman–Crippen MR) is 162 cm³/mol. The van der Waals surface area contributed by atoms with Crippen LogP contribution < -0.4 is 10.3 Å². The van der Waals surface area contributed by atoms with Crippen LogP contribution in [0.4, 0.5) is 0 Å². The number of nitrogens with one attached hydrogen (secondary N) is 1. The van der Waals surface area contributed by atoms with Gasteiger partial charge in [0, 0.05) is 29.4 Å². The van der Waals surface area contributed by atoms with Crippen molar-refractivity contribution in [1.29, 1.82) is 0 Å². The fourth-order valence-electron chi connectivity index (χ4n) is 4.81. The second kappa shape index (κ2) is 11.8. The average molecular weight is 523 g/mol. The first-order chi connectivity index (χ1) is 18.8. The number of H-pyrrole nitrogens is 1. The summed E-state index contributed by atoms with van der Waals surface area (Å²) < 4.78 is 6.26. The Balaban J connectivity index is 0.00000172. The molecule has 0 radical (unpaired) electrons. The first-order valence-electron chi connectivity index (χ1n) is 13.7. The number of rotatable bonds is 4. The molecule has 202 valence electrons. The van der Waals surface area contributed by atoms with Gasteiger partial charge in [0.15, 0.2) is 0 Å². The summed E-state index contributed by atoms with van der Waals surface area (Å²) in [5.41, 5.74) is 4.85. The lowest BCUT2D eigenvalue weighted by molar-refractivity contribution is 0.120. The highest BCUT2D eigenvalue weighted by atomic mass is 16.5. The topological polar surface area (TPSA) is 74.7 Å². The summed E-state index contributed by atoms with van der Waals surface area (Å²) in [6, 6.07) is 21.2. The zero-order valence-electron chi connectivity index (χ0n) is 23.7. The Morgan fingerprint density at radius 2 is 1.85 bits per heavy atom. The fraction of sp³-hybridized carbons (Fsp3) is 0.294. The molecule has 2 N–H and O–H groups in total. The molecule has 0 fully saturated rings. The maximum absolute atomic E-state index is 12.5. The van der Waals surface area contributed by atoms with E-state index >= 15 is 0 Å². The van der Waals surface area contributed by atoms with Gasteiger partial charge in [0.2, 0.25) is 5.56 Å². The molecule has 0 amide bonds. The number of benzene rings is 3. The monoisotopic (exact) mass is 522 g/mol. The van der Waals surface area contributed by atoms with Gasteiger partial charge in [-0.2, -0.15) is 0 Å². The third-order valence-corrected chi connectivity index (χ3v) is 7.32. The predicted octanol–water partition coefficient (Wildman–Crippen LogP) is 7.68. The van der Waals surface area contributed by atoms with Crippen LogP contribution in [0.5, 0.6) is 5.75 Å². The van der Waals surface area contributed by atoms with E-state index in [1.165, 1.54) is 0 Å². The molecule has 0 aliphatic carbocycles. The summed E-state index contributed by atoms with van der Waals surface area (Å²) in [5.74, 6) is 1.05. The highest BCUT2D eigenvalue weighted by molar-refractivity contribution is 5.95. The van der Waals surface area contributed by atoms with Crippen LogP contribution in [0, 0.1) is 12.8 Å². The van der Waals surface area contributed by atoms with Crippen LogP contribution in [0.1, 0.15) is 63.3 Å². The van der Waals surface area contributed by atoms with Crippen LogP contribution in [0.3, 0.4) is 0 Å². The number of aryl methyl sites for hydroxylation is 1. The Hall–Kier alpha value is -3.96. The van der Waals surface area contributed by atoms with Crippen LogP contribution in [-0.2, 0) is 12.2 Å². The van der Waals surface area contributed by atoms with E-state index in [4.69, 9.17) is 4.74 Å². The van der Waals surface area contributed by atoms with Crippen LogP contribution in [0.15, 0.2) is 88.3 Å². The summed E-state index contributed by atoms with van der Waals surface area (Å²) in [4.78, 5) is 20.0. The summed E-state index contributed by atoms with van der Waals surface area (Å²) in [5, 5.41) is 13.4. The minimum absolute atomic E-state index is 0.172. The quantitative estimate of drug-likeness (QED) is 0.270. The van der Waals surface area contributed by atoms with Crippen molar-refractivity contribution in [3.63, 3.8) is 0 Å². The number of nitrogens with zero attached hydrogens (tertiary/aromatic N) is 1. The molecular formula is C34H38N2O3. The Kier molecular flexibility index (Phi) is 8.51. The number of pyridine rings is 1. The van der Waals surface area contributed by atoms with Crippen molar-refractivity contribution in [1.82, 2.24) is 4.98 Å². The molecule has 39 heavy (non-hydrogen) atoms. The first kappa shape index (κ1) is 28.1. The third-order valence-electron chi connectivity index (χ3n) is 7.32. The van der Waals surface area contributed by atoms with Crippen LogP contribution in [0.25, 0.3) is 22.0 Å². The van der Waals surface area contributed by atoms with Crippen molar-refractivity contribution in [2.75, 3.05) is 0 Å². The lowest BCUT2D eigenvalue weighted by Gasteiger charge is -2.31. The number of hydrogen-bond donors (Lipinski definition) is 2. The molecule has 2 unspecified atom stereocenters. The van der Waals surface area contributed by atoms with Crippen molar-refractivity contribution >= 4 is 17.1 Å². The third kappa shape index (κ3) is 5.59. The largest absolute Gasteiger partial charge is 0.489 e. The van der Waals surface area contributed by atoms with Gasteiger partial charge in [-0.3, -0.25) is 9.79 Å². The zero-order valence-corrected chi connectivity index (χ0v) is 23.7. The molecule has 2 heterocycles. The van der Waals surface area contributed by atoms with E-state index < -0.39 is 5.60 Å². The smallest absolute Gasteiger partial charge is 0.249 e. The van der Waals surface area contributed by atoms with Crippen LogP contribution in [-0.4, -0.2) is 16.3 Å². The molecule has 1 aliphatic rings. The summed E-state index contributed by atoms with van der Waals surface area (Å²) in [7, 11) is 0. The van der Waals surface area contributed by atoms with Gasteiger partial charge < -0.3 is 14.8 Å². The van der Waals surface area contributed by atoms with Gasteiger partial charge in [-0.05, 0) is 89.4 Å². The Labute approximate surface area is 230 Å². The van der Waals surface area contributed by atoms with E-state index in [-0.39, 0.29) is 5.56 Å². The number of aliphatic imine (C=N–C) groups is 1. The minimum Gasteiger partial charge on any atom is -0.489 e. The molecule has 0 saturated heterocycles. The SMILES string of the molecule is CC.CCC(C)C=N/C=C(\C)C1(O)c2ccc(C)c(c2)OCc2cccc(c2)-c2cc(=O)[nH]c3ccc1cc23. The van der Waals surface area contributed by atoms with Gasteiger partial charge in [-0.15, -0.1) is 0 Å². The van der Waals surface area contributed by atoms with Crippen molar-refractivity contribution in [2.45, 2.75) is 60.2 Å². The summed E-state index contributed by atoms with van der Waals surface area (Å²) in [6.45, 7) is 12.5. The van der Waals surface area contributed by atoms with Gasteiger partial charge in [0.25, 0.3) is 0 Å². The molecule has 2 atom stereocenters. The zero-order chi connectivity index (χ0) is 28.2. The molecule has 1 aromatic heterocycles. The van der Waals surface area contributed by atoms with E-state index in [0.29, 0.717) is 40.5 Å². The molecule has 1 aliphatic heterocycles. The Bertz CT molecular complexity index is 1600. The highest BCUT2D eigenvalue weighted by Crippen LogP contribution is 2.41. The maximum atomic E-state index is 12.5. The molecule has 5 heteroatoms. The van der Waals surface area contributed by atoms with Crippen LogP contribution >= 0.6 is 0 Å². The molecule has 0 spiro atoms. The number of aromatic amines is 1. The highest BCUT2D eigenvalue weighted by Gasteiger charge is 2.35. The molecule has 3 aromatic carbocycles. The number of aliphatic hydroxyl groups is 1. The van der Waals surface area contributed by atoms with Crippen molar-refractivity contribution in [3.8, 4) is 16.9 Å². The second-order valence-corrected chi connectivity index (χ2v) is 9.98. The van der Waals surface area contributed by atoms with Crippen LogP contribution in [0.2, 0.25) is 0 Å². The Morgan fingerprint density at radius 3 is 2.62 bits per heavy atom. The molecule has 0 saturated carbocycles. The molecule has 5 rings (SSSR count). The molecule has 5 nitrogen and oxygen atoms in total. The Morgan fingerprint density at radius 1 is 1.10 bits per heavy atom. The standard InChI is InChI=1S/C32H32N2O3.C2H6/c1-5-20(2)17-33-18-22(4)32(36)25-11-12-29-28(14-25)27(16-31(35)34-29)24-8-6-7-23(13-24)19-37-30-15-26(32)10-9-21(30)3;1-2/h6-18,20,36H,5,19H2,1-4H3,(H,34,35);1-2H3/b22-18+,33-17?;. The lowest BCUT2D eigenvalue weighted by atomic mass is 9.79. The van der Waals surface area contributed by atoms with Gasteiger partial charge >= 0.3 is 0 Å². The minimum atomic E-state index is -1.47. The van der Waals surface area contributed by atoms with Gasteiger partial charge in [-0.1, -0.05) is 64.1 Å². The van der Waals surface area contributed by atoms with Crippen molar-refractivity contribution < 1.29 is 9.84 Å². The van der Waals surface area contributed by atoms with Gasteiger partial charge in [0.1, 0.15) is 18.0 Å². The lowest BCUT2D eigenvalue weighted by Crippen LogP contribution is -2.29. The van der Waals surface area contributed by atoms with E-state index in [0.717, 1.165) is 34.1 Å². The van der Waals surface area contributed by atoms with Gasteiger partial charge in [0.05, 0.1) is 0 Å². The molecule has 6 bridgehead atoms. The molecule has 4 aromatic rings. The molecular weight excluding hydrogens is 484 g/mol. The van der Waals surface area contributed by atoms with Gasteiger partial charge in [-0.25, -0.2) is 0 Å². The van der Waals surface area contributed by atoms with E-state index in [1.54, 1.807) is 12.3 Å². The first-order valence-corrected chi connectivity index (χ1v) is 13.7. The summed E-state index contributed by atoms with van der Waals surface area (Å²) in [6.07, 6.45) is 4.64. The summed E-state index contributed by atoms with van der Waals surface area (Å²) >= 11 is 0. The van der Waals surface area contributed by atoms with E-state index in [1.807, 2.05) is 88.5 Å². The van der Waals surface area contributed by atoms with Crippen molar-refractivity contribution in [3.05, 3.63) is 111 Å².